The summed E-state index contributed by atoms with van der Waals surface area (Å²) in [4.78, 5) is 11.0. The van der Waals surface area contributed by atoms with Crippen LogP contribution in [0.2, 0.25) is 0 Å². The van der Waals surface area contributed by atoms with Gasteiger partial charge < -0.3 is 10.1 Å². The van der Waals surface area contributed by atoms with Crippen molar-refractivity contribution in [2.45, 2.75) is 13.3 Å². The molecule has 14 heavy (non-hydrogen) atoms. The third kappa shape index (κ3) is 1.43. The summed E-state index contributed by atoms with van der Waals surface area (Å²) in [6, 6.07) is 2.93. The number of nitrogens with one attached hydrogen (secondary N) is 1. The fourth-order valence-corrected chi connectivity index (χ4v) is 1.42. The summed E-state index contributed by atoms with van der Waals surface area (Å²) < 4.78 is 18.3. The monoisotopic (exact) mass is 197 g/mol. The van der Waals surface area contributed by atoms with Crippen molar-refractivity contribution in [2.24, 2.45) is 0 Å². The molecule has 0 saturated carbocycles. The van der Waals surface area contributed by atoms with Crippen molar-refractivity contribution in [1.29, 1.82) is 0 Å². The van der Waals surface area contributed by atoms with Crippen LogP contribution in [0.4, 0.5) is 10.1 Å². The van der Waals surface area contributed by atoms with E-state index in [2.05, 4.69) is 5.32 Å². The van der Waals surface area contributed by atoms with Gasteiger partial charge in [-0.25, -0.2) is 4.39 Å². The molecule has 1 aromatic carbocycles. The number of rotatable bonds is 1. The summed E-state index contributed by atoms with van der Waals surface area (Å²) in [5.41, 5.74) is 1.13. The van der Waals surface area contributed by atoms with Crippen molar-refractivity contribution in [3.8, 4) is 5.75 Å². The fraction of sp³-hybridized carbons (Fsp3) is 0.300. The molecule has 1 aromatic rings. The van der Waals surface area contributed by atoms with E-state index in [4.69, 9.17) is 4.74 Å². The minimum atomic E-state index is -0.289. The highest BCUT2D eigenvalue weighted by atomic mass is 19.1. The summed E-state index contributed by atoms with van der Waals surface area (Å²) in [5, 5.41) is 2.63. The normalized spacial score (nSPS) is 14.3. The lowest BCUT2D eigenvalue weighted by Gasteiger charge is -2.18. The second-order valence-electron chi connectivity index (χ2n) is 3.13. The van der Waals surface area contributed by atoms with Gasteiger partial charge in [-0.3, -0.25) is 4.79 Å². The minimum Gasteiger partial charge on any atom is -0.481 e. The second kappa shape index (κ2) is 3.29. The zero-order valence-corrected chi connectivity index (χ0v) is 7.76. The number of anilines is 1. The Balaban J connectivity index is 0.00000112. The van der Waals surface area contributed by atoms with Crippen LogP contribution < -0.4 is 10.1 Å². The van der Waals surface area contributed by atoms with Crippen LogP contribution in [0.3, 0.4) is 0 Å². The van der Waals surface area contributed by atoms with E-state index in [0.29, 0.717) is 23.4 Å². The average Bonchev–Trinajstić information content (AvgIpc) is 2.17. The molecule has 0 atom stereocenters. The van der Waals surface area contributed by atoms with E-state index >= 15 is 0 Å². The average molecular weight is 197 g/mol. The van der Waals surface area contributed by atoms with Crippen LogP contribution in [0, 0.1) is 5.82 Å². The molecule has 0 radical (unpaired) electrons. The molecule has 0 unspecified atom stereocenters. The molecule has 1 amide bonds. The highest BCUT2D eigenvalue weighted by Gasteiger charge is 2.17. The van der Waals surface area contributed by atoms with Gasteiger partial charge in [0.2, 0.25) is 0 Å². The third-order valence-corrected chi connectivity index (χ3v) is 2.16. The van der Waals surface area contributed by atoms with Crippen LogP contribution in [0.5, 0.6) is 5.75 Å². The number of aryl methyl sites for hydroxylation is 1. The third-order valence-electron chi connectivity index (χ3n) is 2.16. The predicted octanol–water partition coefficient (Wildman–Crippen LogP) is 1.96. The number of halogens is 1. The van der Waals surface area contributed by atoms with E-state index in [0.717, 1.165) is 0 Å². The Kier molecular flexibility index (Phi) is 2.11. The lowest BCUT2D eigenvalue weighted by Crippen LogP contribution is -2.25. The van der Waals surface area contributed by atoms with Crippen molar-refractivity contribution in [3.05, 3.63) is 23.5 Å². The zero-order valence-electron chi connectivity index (χ0n) is 7.76. The van der Waals surface area contributed by atoms with Crippen molar-refractivity contribution >= 4 is 11.6 Å². The highest BCUT2D eigenvalue weighted by molar-refractivity contribution is 5.95. The van der Waals surface area contributed by atoms with E-state index in [9.17, 15) is 9.18 Å². The number of hydrogen-bond acceptors (Lipinski definition) is 2. The maximum atomic E-state index is 13.3. The molecule has 1 aliphatic rings. The second-order valence-corrected chi connectivity index (χ2v) is 3.13. The quantitative estimate of drug-likeness (QED) is 0.747. The topological polar surface area (TPSA) is 38.3 Å². The maximum Gasteiger partial charge on any atom is 0.262 e. The molecular weight excluding hydrogens is 185 g/mol. The number of hydrogen-bond donors (Lipinski definition) is 1. The summed E-state index contributed by atoms with van der Waals surface area (Å²) in [7, 11) is 0. The molecule has 1 aliphatic heterocycles. The lowest BCUT2D eigenvalue weighted by molar-refractivity contribution is -0.118. The zero-order chi connectivity index (χ0) is 10.1. The van der Waals surface area contributed by atoms with Gasteiger partial charge in [0.25, 0.3) is 5.91 Å². The molecule has 76 valence electrons. The molecule has 0 aromatic heterocycles. The molecule has 1 N–H and O–H groups in total. The van der Waals surface area contributed by atoms with Crippen molar-refractivity contribution in [2.75, 3.05) is 11.9 Å². The van der Waals surface area contributed by atoms with Gasteiger partial charge in [-0.05, 0) is 18.1 Å². The molecule has 0 aliphatic carbocycles. The number of ether oxygens (including phenoxy) is 1. The summed E-state index contributed by atoms with van der Waals surface area (Å²) in [6.45, 7) is 1.81. The first-order chi connectivity index (χ1) is 6.70. The van der Waals surface area contributed by atoms with Gasteiger partial charge in [0.15, 0.2) is 6.61 Å². The van der Waals surface area contributed by atoms with Gasteiger partial charge in [-0.1, -0.05) is 6.92 Å². The minimum absolute atomic E-state index is 0. The Morgan fingerprint density at radius 1 is 1.64 bits per heavy atom. The van der Waals surface area contributed by atoms with Crippen LogP contribution >= 0.6 is 0 Å². The summed E-state index contributed by atoms with van der Waals surface area (Å²) in [6.07, 6.45) is 0.592. The van der Waals surface area contributed by atoms with Crippen LogP contribution in [-0.4, -0.2) is 12.5 Å². The Bertz CT molecular complexity index is 395. The first-order valence-corrected chi connectivity index (χ1v) is 4.45. The Morgan fingerprint density at radius 3 is 3.14 bits per heavy atom. The number of amides is 1. The fourth-order valence-electron chi connectivity index (χ4n) is 1.42. The van der Waals surface area contributed by atoms with Gasteiger partial charge in [-0.15, -0.1) is 0 Å². The Morgan fingerprint density at radius 2 is 2.43 bits per heavy atom. The molecule has 1 heterocycles. The molecule has 3 nitrogen and oxygen atoms in total. The molecule has 2 rings (SSSR count). The van der Waals surface area contributed by atoms with Crippen LogP contribution in [0.25, 0.3) is 0 Å². The van der Waals surface area contributed by atoms with E-state index in [1.807, 2.05) is 6.92 Å². The largest absolute Gasteiger partial charge is 0.481 e. The number of fused-ring (bicyclic) bond motifs is 1. The van der Waals surface area contributed by atoms with E-state index < -0.39 is 0 Å². The lowest BCUT2D eigenvalue weighted by atomic mass is 10.1. The molecular formula is C10H12FNO2. The molecule has 0 saturated heterocycles. The standard InChI is InChI=1S/C10H10FNO2.H2/c1-2-6-3-8-9(4-7(6)11)14-5-10(13)12-8;/h3-4H,2,5H2,1H3,(H,12,13);1H. The number of carbonyl (C=O) groups excluding carboxylic acids is 1. The Labute approximate surface area is 82.4 Å². The predicted molar refractivity (Wildman–Crippen MR) is 52.0 cm³/mol. The molecule has 0 fully saturated rings. The van der Waals surface area contributed by atoms with E-state index in [-0.39, 0.29) is 19.8 Å². The highest BCUT2D eigenvalue weighted by Crippen LogP contribution is 2.30. The van der Waals surface area contributed by atoms with Gasteiger partial charge in [0, 0.05) is 7.49 Å². The first-order valence-electron chi connectivity index (χ1n) is 4.45. The smallest absolute Gasteiger partial charge is 0.262 e. The maximum absolute atomic E-state index is 13.3. The van der Waals surface area contributed by atoms with E-state index in [1.165, 1.54) is 6.07 Å². The summed E-state index contributed by atoms with van der Waals surface area (Å²) in [5.74, 6) is -0.0899. The van der Waals surface area contributed by atoms with Crippen molar-refractivity contribution < 1.29 is 15.3 Å². The molecule has 0 spiro atoms. The van der Waals surface area contributed by atoms with Crippen molar-refractivity contribution in [1.82, 2.24) is 0 Å². The van der Waals surface area contributed by atoms with Gasteiger partial charge >= 0.3 is 0 Å². The van der Waals surface area contributed by atoms with Crippen LogP contribution in [0.15, 0.2) is 12.1 Å². The first kappa shape index (κ1) is 8.99. The number of benzene rings is 1. The van der Waals surface area contributed by atoms with Gasteiger partial charge in [-0.2, -0.15) is 0 Å². The number of carbonyl (C=O) groups is 1. The van der Waals surface area contributed by atoms with Crippen molar-refractivity contribution in [3.63, 3.8) is 0 Å². The van der Waals surface area contributed by atoms with Crippen LogP contribution in [0.1, 0.15) is 13.9 Å². The Hall–Kier alpha value is -1.58. The molecule has 0 bridgehead atoms. The van der Waals surface area contributed by atoms with Gasteiger partial charge in [0.1, 0.15) is 11.6 Å². The van der Waals surface area contributed by atoms with E-state index in [1.54, 1.807) is 6.07 Å². The SMILES string of the molecule is CCc1cc2c(cc1F)OCC(=O)N2.[HH]. The van der Waals surface area contributed by atoms with Gasteiger partial charge in [0.05, 0.1) is 5.69 Å². The summed E-state index contributed by atoms with van der Waals surface area (Å²) >= 11 is 0. The van der Waals surface area contributed by atoms with Crippen LogP contribution in [-0.2, 0) is 11.2 Å². The molecule has 4 heteroatoms.